The van der Waals surface area contributed by atoms with Gasteiger partial charge in [0.05, 0.1) is 16.2 Å². The largest absolute Gasteiger partial charge is 0.337 e. The predicted molar refractivity (Wildman–Crippen MR) is 106 cm³/mol. The highest BCUT2D eigenvalue weighted by Crippen LogP contribution is 2.42. The van der Waals surface area contributed by atoms with Crippen LogP contribution in [-0.4, -0.2) is 31.5 Å². The molecule has 2 aromatic heterocycles. The van der Waals surface area contributed by atoms with Gasteiger partial charge in [-0.05, 0) is 44.1 Å². The molecular formula is C19H23N5OS2. The molecule has 142 valence electrons. The molecule has 0 radical (unpaired) electrons. The molecule has 4 rings (SSSR count). The van der Waals surface area contributed by atoms with E-state index in [-0.39, 0.29) is 11.2 Å². The van der Waals surface area contributed by atoms with Crippen LogP contribution in [0.3, 0.4) is 0 Å². The Morgan fingerprint density at radius 3 is 2.81 bits per heavy atom. The Morgan fingerprint density at radius 1 is 1.41 bits per heavy atom. The number of amides is 1. The summed E-state index contributed by atoms with van der Waals surface area (Å²) >= 11 is 3.09. The van der Waals surface area contributed by atoms with Crippen LogP contribution in [0.1, 0.15) is 57.9 Å². The van der Waals surface area contributed by atoms with Crippen LogP contribution in [0.15, 0.2) is 22.7 Å². The van der Waals surface area contributed by atoms with Gasteiger partial charge in [0.15, 0.2) is 11.0 Å². The van der Waals surface area contributed by atoms with E-state index in [1.165, 1.54) is 11.8 Å². The summed E-state index contributed by atoms with van der Waals surface area (Å²) in [6, 6.07) is 6.85. The minimum Gasteiger partial charge on any atom is -0.337 e. The molecule has 8 heteroatoms. The molecule has 2 saturated carbocycles. The van der Waals surface area contributed by atoms with Crippen LogP contribution in [0.2, 0.25) is 0 Å². The van der Waals surface area contributed by atoms with Crippen molar-refractivity contribution >= 4 is 29.0 Å². The van der Waals surface area contributed by atoms with Crippen LogP contribution < -0.4 is 5.32 Å². The Bertz CT molecular complexity index is 844. The Morgan fingerprint density at radius 2 is 2.19 bits per heavy atom. The Kier molecular flexibility index (Phi) is 5.24. The highest BCUT2D eigenvalue weighted by molar-refractivity contribution is 8.00. The van der Waals surface area contributed by atoms with E-state index in [0.29, 0.717) is 6.04 Å². The first-order chi connectivity index (χ1) is 13.1. The Balaban J connectivity index is 1.49. The van der Waals surface area contributed by atoms with Crippen LogP contribution in [0.5, 0.6) is 0 Å². The van der Waals surface area contributed by atoms with Crippen molar-refractivity contribution in [1.82, 2.24) is 20.1 Å². The van der Waals surface area contributed by atoms with Gasteiger partial charge < -0.3 is 5.32 Å². The number of thioether (sulfide) groups is 1. The van der Waals surface area contributed by atoms with Crippen molar-refractivity contribution < 1.29 is 4.79 Å². The van der Waals surface area contributed by atoms with Crippen LogP contribution in [0.25, 0.3) is 10.7 Å². The first-order valence-electron chi connectivity index (χ1n) is 9.50. The summed E-state index contributed by atoms with van der Waals surface area (Å²) in [6.07, 6.45) is 6.87. The topological polar surface area (TPSA) is 83.6 Å². The predicted octanol–water partition coefficient (Wildman–Crippen LogP) is 4.16. The van der Waals surface area contributed by atoms with E-state index in [9.17, 15) is 10.1 Å². The minimum atomic E-state index is -0.698. The molecule has 0 saturated heterocycles. The van der Waals surface area contributed by atoms with Crippen molar-refractivity contribution in [1.29, 1.82) is 5.26 Å². The van der Waals surface area contributed by atoms with E-state index < -0.39 is 5.54 Å². The maximum Gasteiger partial charge on any atom is 0.234 e. The highest BCUT2D eigenvalue weighted by Gasteiger charge is 2.36. The van der Waals surface area contributed by atoms with Crippen molar-refractivity contribution in [3.63, 3.8) is 0 Å². The number of nitriles is 1. The average molecular weight is 402 g/mol. The lowest BCUT2D eigenvalue weighted by molar-refractivity contribution is -0.121. The lowest BCUT2D eigenvalue weighted by atomic mass is 9.83. The van der Waals surface area contributed by atoms with Crippen molar-refractivity contribution in [2.75, 3.05) is 0 Å². The van der Waals surface area contributed by atoms with E-state index in [1.54, 1.807) is 11.3 Å². The second kappa shape index (κ2) is 7.64. The summed E-state index contributed by atoms with van der Waals surface area (Å²) < 4.78 is 2.18. The molecule has 1 atom stereocenters. The molecule has 1 unspecified atom stereocenters. The van der Waals surface area contributed by atoms with Gasteiger partial charge in [-0.3, -0.25) is 9.36 Å². The van der Waals surface area contributed by atoms with Gasteiger partial charge in [0.1, 0.15) is 5.54 Å². The van der Waals surface area contributed by atoms with Gasteiger partial charge in [-0.15, -0.1) is 21.5 Å². The van der Waals surface area contributed by atoms with Gasteiger partial charge in [-0.2, -0.15) is 5.26 Å². The Labute approximate surface area is 167 Å². The van der Waals surface area contributed by atoms with E-state index in [2.05, 4.69) is 32.2 Å². The van der Waals surface area contributed by atoms with E-state index in [0.717, 1.165) is 60.8 Å². The molecule has 0 aliphatic heterocycles. The van der Waals surface area contributed by atoms with E-state index >= 15 is 0 Å². The number of hydrogen-bond donors (Lipinski definition) is 1. The summed E-state index contributed by atoms with van der Waals surface area (Å²) in [5.74, 6) is 0.801. The third kappa shape index (κ3) is 3.90. The summed E-state index contributed by atoms with van der Waals surface area (Å²) in [5.41, 5.74) is -0.698. The molecule has 2 aliphatic rings. The van der Waals surface area contributed by atoms with Crippen molar-refractivity contribution in [2.45, 2.75) is 73.9 Å². The van der Waals surface area contributed by atoms with Gasteiger partial charge in [-0.25, -0.2) is 0 Å². The average Bonchev–Trinajstić information content (AvgIpc) is 3.20. The monoisotopic (exact) mass is 401 g/mol. The van der Waals surface area contributed by atoms with Crippen molar-refractivity contribution in [2.24, 2.45) is 0 Å². The number of aromatic nitrogens is 3. The molecule has 0 spiro atoms. The van der Waals surface area contributed by atoms with Crippen LogP contribution in [-0.2, 0) is 4.79 Å². The SMILES string of the molecule is CC(Sc1nnc(-c2cccs2)n1C1CC1)C(=O)NC1(C#N)CCCCC1. The number of carbonyl (C=O) groups excluding carboxylic acids is 1. The van der Waals surface area contributed by atoms with Crippen molar-refractivity contribution in [3.05, 3.63) is 17.5 Å². The zero-order valence-corrected chi connectivity index (χ0v) is 17.0. The summed E-state index contributed by atoms with van der Waals surface area (Å²) in [4.78, 5) is 13.9. The molecule has 2 fully saturated rings. The third-order valence-electron chi connectivity index (χ3n) is 5.25. The smallest absolute Gasteiger partial charge is 0.234 e. The number of nitrogens with one attached hydrogen (secondary N) is 1. The molecule has 27 heavy (non-hydrogen) atoms. The lowest BCUT2D eigenvalue weighted by Gasteiger charge is -2.32. The fraction of sp³-hybridized carbons (Fsp3) is 0.579. The quantitative estimate of drug-likeness (QED) is 0.735. The van der Waals surface area contributed by atoms with Crippen molar-refractivity contribution in [3.8, 4) is 16.8 Å². The highest BCUT2D eigenvalue weighted by atomic mass is 32.2. The standard InChI is InChI=1S/C19H23N5OS2/c1-13(17(25)21-19(12-20)9-3-2-4-10-19)27-18-23-22-16(15-6-5-11-26-15)24(18)14-7-8-14/h5-6,11,13-14H,2-4,7-10H2,1H3,(H,21,25). The van der Waals surface area contributed by atoms with Gasteiger partial charge in [0.25, 0.3) is 0 Å². The zero-order valence-electron chi connectivity index (χ0n) is 15.4. The number of nitrogens with zero attached hydrogens (tertiary/aromatic N) is 4. The maximum atomic E-state index is 12.8. The first kappa shape index (κ1) is 18.5. The molecule has 1 N–H and O–H groups in total. The zero-order chi connectivity index (χ0) is 18.9. The summed E-state index contributed by atoms with van der Waals surface area (Å²) in [6.45, 7) is 1.88. The number of carbonyl (C=O) groups is 1. The second-order valence-electron chi connectivity index (χ2n) is 7.39. The van der Waals surface area contributed by atoms with Gasteiger partial charge >= 0.3 is 0 Å². The Hall–Kier alpha value is -1.85. The van der Waals surface area contributed by atoms with Crippen LogP contribution >= 0.6 is 23.1 Å². The molecule has 0 aromatic carbocycles. The molecule has 2 aromatic rings. The van der Waals surface area contributed by atoms with E-state index in [1.807, 2.05) is 18.4 Å². The normalized spacial score (nSPS) is 20.0. The number of rotatable bonds is 6. The summed E-state index contributed by atoms with van der Waals surface area (Å²) in [7, 11) is 0. The molecule has 1 amide bonds. The molecular weight excluding hydrogens is 378 g/mol. The fourth-order valence-corrected chi connectivity index (χ4v) is 5.19. The second-order valence-corrected chi connectivity index (χ2v) is 9.64. The molecule has 0 bridgehead atoms. The van der Waals surface area contributed by atoms with Gasteiger partial charge in [0.2, 0.25) is 5.91 Å². The lowest BCUT2D eigenvalue weighted by Crippen LogP contribution is -2.51. The molecule has 6 nitrogen and oxygen atoms in total. The molecule has 2 heterocycles. The fourth-order valence-electron chi connectivity index (χ4n) is 3.56. The molecule has 2 aliphatic carbocycles. The van der Waals surface area contributed by atoms with Gasteiger partial charge in [-0.1, -0.05) is 37.1 Å². The number of hydrogen-bond acceptors (Lipinski definition) is 6. The third-order valence-corrected chi connectivity index (χ3v) is 7.18. The maximum absolute atomic E-state index is 12.8. The van der Waals surface area contributed by atoms with Crippen LogP contribution in [0.4, 0.5) is 0 Å². The van der Waals surface area contributed by atoms with Crippen LogP contribution in [0, 0.1) is 11.3 Å². The van der Waals surface area contributed by atoms with Gasteiger partial charge in [0, 0.05) is 6.04 Å². The van der Waals surface area contributed by atoms with E-state index in [4.69, 9.17) is 0 Å². The number of thiophene rings is 1. The first-order valence-corrected chi connectivity index (χ1v) is 11.3. The summed E-state index contributed by atoms with van der Waals surface area (Å²) in [5, 5.41) is 23.9. The minimum absolute atomic E-state index is 0.0912.